The maximum absolute atomic E-state index is 12.2. The first-order valence-corrected chi connectivity index (χ1v) is 5.91. The highest BCUT2D eigenvalue weighted by molar-refractivity contribution is 5.82. The topological polar surface area (TPSA) is 32.3 Å². The number of hydrogen-bond donors (Lipinski definition) is 1. The molecule has 1 heterocycles. The fourth-order valence-electron chi connectivity index (χ4n) is 2.16. The van der Waals surface area contributed by atoms with E-state index in [4.69, 9.17) is 0 Å². The first kappa shape index (κ1) is 12.5. The van der Waals surface area contributed by atoms with Gasteiger partial charge in [-0.25, -0.2) is 0 Å². The van der Waals surface area contributed by atoms with Gasteiger partial charge in [0.15, 0.2) is 0 Å². The summed E-state index contributed by atoms with van der Waals surface area (Å²) in [7, 11) is 1.90. The molecule has 0 aliphatic carbocycles. The molecule has 88 valence electrons. The zero-order valence-electron chi connectivity index (χ0n) is 10.5. The highest BCUT2D eigenvalue weighted by Gasteiger charge is 2.32. The Labute approximate surface area is 93.2 Å². The second-order valence-corrected chi connectivity index (χ2v) is 5.39. The Balaban J connectivity index is 2.53. The van der Waals surface area contributed by atoms with Gasteiger partial charge >= 0.3 is 0 Å². The standard InChI is InChI=1S/C12H24N2O/c1-10-5-7-14(8-6-10)11(15)12(2,3)9-13-4/h10,13H,5-9H2,1-4H3. The van der Waals surface area contributed by atoms with Gasteiger partial charge in [-0.15, -0.1) is 0 Å². The molecular formula is C12H24N2O. The molecule has 0 aromatic heterocycles. The first-order chi connectivity index (χ1) is 6.97. The van der Waals surface area contributed by atoms with Crippen molar-refractivity contribution in [2.24, 2.45) is 11.3 Å². The highest BCUT2D eigenvalue weighted by atomic mass is 16.2. The van der Waals surface area contributed by atoms with Crippen LogP contribution in [0.25, 0.3) is 0 Å². The summed E-state index contributed by atoms with van der Waals surface area (Å²) in [5, 5.41) is 3.09. The van der Waals surface area contributed by atoms with E-state index in [0.717, 1.165) is 38.4 Å². The van der Waals surface area contributed by atoms with Gasteiger partial charge < -0.3 is 10.2 Å². The van der Waals surface area contributed by atoms with Crippen LogP contribution in [-0.4, -0.2) is 37.5 Å². The second-order valence-electron chi connectivity index (χ2n) is 5.39. The van der Waals surface area contributed by atoms with Crippen molar-refractivity contribution in [3.8, 4) is 0 Å². The molecule has 1 saturated heterocycles. The predicted octanol–water partition coefficient (Wildman–Crippen LogP) is 1.49. The monoisotopic (exact) mass is 212 g/mol. The van der Waals surface area contributed by atoms with Gasteiger partial charge in [0.1, 0.15) is 0 Å². The normalized spacial score (nSPS) is 19.3. The van der Waals surface area contributed by atoms with Gasteiger partial charge in [0.05, 0.1) is 5.41 Å². The number of hydrogen-bond acceptors (Lipinski definition) is 2. The largest absolute Gasteiger partial charge is 0.342 e. The quantitative estimate of drug-likeness (QED) is 0.768. The Morgan fingerprint density at radius 2 is 1.93 bits per heavy atom. The molecule has 1 N–H and O–H groups in total. The molecule has 3 heteroatoms. The Morgan fingerprint density at radius 1 is 1.40 bits per heavy atom. The summed E-state index contributed by atoms with van der Waals surface area (Å²) in [6.07, 6.45) is 2.31. The maximum atomic E-state index is 12.2. The zero-order chi connectivity index (χ0) is 11.5. The van der Waals surface area contributed by atoms with Crippen molar-refractivity contribution in [1.82, 2.24) is 10.2 Å². The number of carbonyl (C=O) groups is 1. The summed E-state index contributed by atoms with van der Waals surface area (Å²) in [5.74, 6) is 1.07. The van der Waals surface area contributed by atoms with Gasteiger partial charge in [-0.2, -0.15) is 0 Å². The average Bonchev–Trinajstić information content (AvgIpc) is 2.18. The molecule has 1 fully saturated rings. The van der Waals surface area contributed by atoms with Crippen LogP contribution in [0.5, 0.6) is 0 Å². The molecule has 3 nitrogen and oxygen atoms in total. The molecule has 0 saturated carbocycles. The van der Waals surface area contributed by atoms with Crippen LogP contribution in [0.2, 0.25) is 0 Å². The second kappa shape index (κ2) is 4.97. The van der Waals surface area contributed by atoms with Crippen LogP contribution in [0.3, 0.4) is 0 Å². The minimum absolute atomic E-state index is 0.269. The van der Waals surface area contributed by atoms with E-state index in [1.165, 1.54) is 0 Å². The third kappa shape index (κ3) is 3.20. The number of piperidine rings is 1. The highest BCUT2D eigenvalue weighted by Crippen LogP contribution is 2.23. The summed E-state index contributed by atoms with van der Waals surface area (Å²) >= 11 is 0. The van der Waals surface area contributed by atoms with E-state index in [1.807, 2.05) is 25.8 Å². The summed E-state index contributed by atoms with van der Waals surface area (Å²) in [4.78, 5) is 14.2. The fourth-order valence-corrected chi connectivity index (χ4v) is 2.16. The van der Waals surface area contributed by atoms with Crippen molar-refractivity contribution in [1.29, 1.82) is 0 Å². The number of nitrogens with zero attached hydrogens (tertiary/aromatic N) is 1. The summed E-state index contributed by atoms with van der Waals surface area (Å²) in [5.41, 5.74) is -0.269. The van der Waals surface area contributed by atoms with Gasteiger partial charge in [0, 0.05) is 19.6 Å². The van der Waals surface area contributed by atoms with Crippen molar-refractivity contribution < 1.29 is 4.79 Å². The van der Waals surface area contributed by atoms with Crippen LogP contribution in [0.4, 0.5) is 0 Å². The van der Waals surface area contributed by atoms with Crippen molar-refractivity contribution in [2.45, 2.75) is 33.6 Å². The van der Waals surface area contributed by atoms with E-state index < -0.39 is 0 Å². The molecule has 1 rings (SSSR count). The lowest BCUT2D eigenvalue weighted by atomic mass is 9.89. The lowest BCUT2D eigenvalue weighted by Gasteiger charge is -2.36. The van der Waals surface area contributed by atoms with E-state index >= 15 is 0 Å². The Bertz CT molecular complexity index is 218. The third-order valence-corrected chi connectivity index (χ3v) is 3.27. The lowest BCUT2D eigenvalue weighted by molar-refractivity contribution is -0.141. The summed E-state index contributed by atoms with van der Waals surface area (Å²) in [6.45, 7) is 8.92. The Kier molecular flexibility index (Phi) is 4.14. The Hall–Kier alpha value is -0.570. The van der Waals surface area contributed by atoms with Crippen molar-refractivity contribution >= 4 is 5.91 Å². The average molecular weight is 212 g/mol. The molecule has 0 spiro atoms. The van der Waals surface area contributed by atoms with Gasteiger partial charge in [-0.3, -0.25) is 4.79 Å². The van der Waals surface area contributed by atoms with E-state index in [-0.39, 0.29) is 5.41 Å². The van der Waals surface area contributed by atoms with Crippen molar-refractivity contribution in [2.75, 3.05) is 26.7 Å². The predicted molar refractivity (Wildman–Crippen MR) is 62.7 cm³/mol. The third-order valence-electron chi connectivity index (χ3n) is 3.27. The molecule has 0 atom stereocenters. The lowest BCUT2D eigenvalue weighted by Crippen LogP contribution is -2.48. The molecular weight excluding hydrogens is 188 g/mol. The summed E-state index contributed by atoms with van der Waals surface area (Å²) in [6, 6.07) is 0. The number of carbonyl (C=O) groups excluding carboxylic acids is 1. The van der Waals surface area contributed by atoms with E-state index in [2.05, 4.69) is 12.2 Å². The Morgan fingerprint density at radius 3 is 2.40 bits per heavy atom. The van der Waals surface area contributed by atoms with Gasteiger partial charge in [0.2, 0.25) is 5.91 Å². The van der Waals surface area contributed by atoms with Crippen LogP contribution in [0.15, 0.2) is 0 Å². The molecule has 0 unspecified atom stereocenters. The molecule has 1 aliphatic rings. The molecule has 0 bridgehead atoms. The van der Waals surface area contributed by atoms with Crippen LogP contribution in [-0.2, 0) is 4.79 Å². The van der Waals surface area contributed by atoms with Crippen molar-refractivity contribution in [3.05, 3.63) is 0 Å². The minimum Gasteiger partial charge on any atom is -0.342 e. The molecule has 1 aliphatic heterocycles. The van der Waals surface area contributed by atoms with Gasteiger partial charge in [-0.1, -0.05) is 6.92 Å². The zero-order valence-corrected chi connectivity index (χ0v) is 10.5. The molecule has 15 heavy (non-hydrogen) atoms. The van der Waals surface area contributed by atoms with Gasteiger partial charge in [-0.05, 0) is 39.7 Å². The van der Waals surface area contributed by atoms with Crippen molar-refractivity contribution in [3.63, 3.8) is 0 Å². The number of nitrogens with one attached hydrogen (secondary N) is 1. The van der Waals surface area contributed by atoms with Crippen LogP contribution in [0.1, 0.15) is 33.6 Å². The SMILES string of the molecule is CNCC(C)(C)C(=O)N1CCC(C)CC1. The number of rotatable bonds is 3. The molecule has 0 aromatic rings. The van der Waals surface area contributed by atoms with E-state index in [0.29, 0.717) is 5.91 Å². The number of likely N-dealkylation sites (tertiary alicyclic amines) is 1. The van der Waals surface area contributed by atoms with Crippen LogP contribution < -0.4 is 5.32 Å². The van der Waals surface area contributed by atoms with Crippen LogP contribution >= 0.6 is 0 Å². The van der Waals surface area contributed by atoms with E-state index in [9.17, 15) is 4.79 Å². The smallest absolute Gasteiger partial charge is 0.229 e. The summed E-state index contributed by atoms with van der Waals surface area (Å²) < 4.78 is 0. The van der Waals surface area contributed by atoms with E-state index in [1.54, 1.807) is 0 Å². The number of amides is 1. The molecule has 0 aromatic carbocycles. The fraction of sp³-hybridized carbons (Fsp3) is 0.917. The molecule has 0 radical (unpaired) electrons. The van der Waals surface area contributed by atoms with Gasteiger partial charge in [0.25, 0.3) is 0 Å². The maximum Gasteiger partial charge on any atom is 0.229 e. The molecule has 1 amide bonds. The minimum atomic E-state index is -0.269. The first-order valence-electron chi connectivity index (χ1n) is 5.91. The van der Waals surface area contributed by atoms with Crippen LogP contribution in [0, 0.1) is 11.3 Å².